The first-order chi connectivity index (χ1) is 16.0. The molecule has 7 heteroatoms. The number of amides is 1. The van der Waals surface area contributed by atoms with Crippen molar-refractivity contribution >= 4 is 34.8 Å². The molecule has 2 heterocycles. The molecule has 0 fully saturated rings. The average Bonchev–Trinajstić information content (AvgIpc) is 2.83. The predicted molar refractivity (Wildman–Crippen MR) is 133 cm³/mol. The molecular weight excluding hydrogens is 457 g/mol. The lowest BCUT2D eigenvalue weighted by atomic mass is 10.1. The molecule has 166 valence electrons. The van der Waals surface area contributed by atoms with Gasteiger partial charge in [0.15, 0.2) is 0 Å². The molecule has 4 aromatic rings. The Labute approximate surface area is 202 Å². The number of aryl methyl sites for hydroxylation is 2. The average molecular weight is 478 g/mol. The number of halogens is 2. The van der Waals surface area contributed by atoms with Crippen LogP contribution in [0.5, 0.6) is 11.6 Å². The molecule has 0 saturated carbocycles. The highest BCUT2D eigenvalue weighted by Crippen LogP contribution is 2.34. The number of rotatable bonds is 6. The zero-order valence-corrected chi connectivity index (χ0v) is 19.6. The van der Waals surface area contributed by atoms with Crippen LogP contribution in [0.2, 0.25) is 10.0 Å². The molecule has 0 saturated heterocycles. The highest BCUT2D eigenvalue weighted by atomic mass is 35.5. The van der Waals surface area contributed by atoms with Gasteiger partial charge in [-0.3, -0.25) is 9.78 Å². The number of hydrogen-bond acceptors (Lipinski definition) is 4. The van der Waals surface area contributed by atoms with Crippen LogP contribution in [-0.4, -0.2) is 15.9 Å². The summed E-state index contributed by atoms with van der Waals surface area (Å²) >= 11 is 12.3. The summed E-state index contributed by atoms with van der Waals surface area (Å²) in [5.41, 5.74) is 4.52. The van der Waals surface area contributed by atoms with E-state index in [0.717, 1.165) is 28.8 Å². The number of anilines is 1. The molecule has 5 nitrogen and oxygen atoms in total. The van der Waals surface area contributed by atoms with Gasteiger partial charge in [0.05, 0.1) is 15.7 Å². The van der Waals surface area contributed by atoms with Crippen molar-refractivity contribution < 1.29 is 9.53 Å². The fourth-order valence-electron chi connectivity index (χ4n) is 3.28. The molecule has 0 bridgehead atoms. The van der Waals surface area contributed by atoms with Gasteiger partial charge in [-0.05, 0) is 73.0 Å². The lowest BCUT2D eigenvalue weighted by Gasteiger charge is -2.14. The summed E-state index contributed by atoms with van der Waals surface area (Å²) in [7, 11) is 0. The van der Waals surface area contributed by atoms with Gasteiger partial charge in [-0.2, -0.15) is 0 Å². The third-order valence-electron chi connectivity index (χ3n) is 5.12. The van der Waals surface area contributed by atoms with Gasteiger partial charge in [0, 0.05) is 29.2 Å². The van der Waals surface area contributed by atoms with E-state index in [4.69, 9.17) is 27.9 Å². The first kappa shape index (κ1) is 22.8. The quantitative estimate of drug-likeness (QED) is 0.314. The number of ether oxygens (including phenoxy) is 1. The molecule has 0 aliphatic rings. The van der Waals surface area contributed by atoms with Crippen LogP contribution in [0, 0.1) is 6.92 Å². The van der Waals surface area contributed by atoms with E-state index in [-0.39, 0.29) is 10.9 Å². The number of carbonyl (C=O) groups excluding carboxylic acids is 1. The molecule has 33 heavy (non-hydrogen) atoms. The molecule has 1 amide bonds. The van der Waals surface area contributed by atoms with Crippen molar-refractivity contribution in [2.45, 2.75) is 20.3 Å². The fourth-order valence-corrected chi connectivity index (χ4v) is 3.63. The summed E-state index contributed by atoms with van der Waals surface area (Å²) in [4.78, 5) is 21.7. The van der Waals surface area contributed by atoms with Crippen molar-refractivity contribution in [1.29, 1.82) is 0 Å². The summed E-state index contributed by atoms with van der Waals surface area (Å²) in [5, 5.41) is 3.45. The fraction of sp³-hybridized carbons (Fsp3) is 0.115. The highest BCUT2D eigenvalue weighted by Gasteiger charge is 2.15. The zero-order chi connectivity index (χ0) is 23.4. The van der Waals surface area contributed by atoms with Crippen molar-refractivity contribution in [1.82, 2.24) is 9.97 Å². The van der Waals surface area contributed by atoms with Gasteiger partial charge >= 0.3 is 0 Å². The Hall–Kier alpha value is -3.41. The SMILES string of the molecule is CCc1cc(-c2cccnc2Oc2cc(C(=O)Nc3cccc(Cl)c3Cl)ccc2C)ccn1. The number of nitrogens with one attached hydrogen (secondary N) is 1. The Morgan fingerprint density at radius 3 is 2.67 bits per heavy atom. The summed E-state index contributed by atoms with van der Waals surface area (Å²) in [5.74, 6) is 0.654. The third-order valence-corrected chi connectivity index (χ3v) is 5.94. The second-order valence-corrected chi connectivity index (χ2v) is 8.17. The maximum absolute atomic E-state index is 12.9. The monoisotopic (exact) mass is 477 g/mol. The molecule has 2 aromatic carbocycles. The molecule has 4 rings (SSSR count). The lowest BCUT2D eigenvalue weighted by Crippen LogP contribution is -2.12. The smallest absolute Gasteiger partial charge is 0.255 e. The standard InChI is InChI=1S/C26H21Cl2N3O2/c1-3-19-14-17(11-13-29-19)20-6-5-12-30-26(20)33-23-15-18(10-9-16(23)2)25(32)31-22-8-4-7-21(27)24(22)28/h4-15H,3H2,1-2H3,(H,31,32). The summed E-state index contributed by atoms with van der Waals surface area (Å²) in [6, 6.07) is 18.1. The van der Waals surface area contributed by atoms with Gasteiger partial charge in [0.1, 0.15) is 5.75 Å². The van der Waals surface area contributed by atoms with Crippen LogP contribution in [0.1, 0.15) is 28.5 Å². The maximum atomic E-state index is 12.9. The first-order valence-corrected chi connectivity index (χ1v) is 11.2. The van der Waals surface area contributed by atoms with Crippen LogP contribution in [0.3, 0.4) is 0 Å². The van der Waals surface area contributed by atoms with Crippen LogP contribution in [0.15, 0.2) is 73.1 Å². The minimum atomic E-state index is -0.327. The lowest BCUT2D eigenvalue weighted by molar-refractivity contribution is 0.102. The largest absolute Gasteiger partial charge is 0.438 e. The molecule has 0 spiro atoms. The number of pyridine rings is 2. The van der Waals surface area contributed by atoms with Crippen molar-refractivity contribution in [2.24, 2.45) is 0 Å². The summed E-state index contributed by atoms with van der Waals surface area (Å²) in [6.45, 7) is 3.97. The van der Waals surface area contributed by atoms with Crippen LogP contribution < -0.4 is 10.1 Å². The van der Waals surface area contributed by atoms with Gasteiger partial charge in [-0.1, -0.05) is 42.3 Å². The number of aromatic nitrogens is 2. The molecule has 0 unspecified atom stereocenters. The van der Waals surface area contributed by atoms with Crippen molar-refractivity contribution in [3.8, 4) is 22.8 Å². The number of hydrogen-bond donors (Lipinski definition) is 1. The molecule has 0 radical (unpaired) electrons. The molecule has 0 atom stereocenters. The first-order valence-electron chi connectivity index (χ1n) is 10.4. The molecular formula is C26H21Cl2N3O2. The van der Waals surface area contributed by atoms with E-state index in [1.165, 1.54) is 0 Å². The molecule has 0 aliphatic heterocycles. The van der Waals surface area contributed by atoms with Gasteiger partial charge in [-0.15, -0.1) is 0 Å². The van der Waals surface area contributed by atoms with Gasteiger partial charge in [0.2, 0.25) is 5.88 Å². The van der Waals surface area contributed by atoms with E-state index in [2.05, 4.69) is 22.2 Å². The number of carbonyl (C=O) groups is 1. The molecule has 1 N–H and O–H groups in total. The Balaban J connectivity index is 1.63. The van der Waals surface area contributed by atoms with Crippen LogP contribution in [0.4, 0.5) is 5.69 Å². The van der Waals surface area contributed by atoms with Gasteiger partial charge in [0.25, 0.3) is 5.91 Å². The van der Waals surface area contributed by atoms with Gasteiger partial charge in [-0.25, -0.2) is 4.98 Å². The van der Waals surface area contributed by atoms with Crippen LogP contribution in [0.25, 0.3) is 11.1 Å². The second kappa shape index (κ2) is 10.0. The Kier molecular flexibility index (Phi) is 6.92. The van der Waals surface area contributed by atoms with E-state index in [9.17, 15) is 4.79 Å². The van der Waals surface area contributed by atoms with Crippen molar-refractivity contribution in [2.75, 3.05) is 5.32 Å². The summed E-state index contributed by atoms with van der Waals surface area (Å²) in [6.07, 6.45) is 4.28. The van der Waals surface area contributed by atoms with E-state index in [1.54, 1.807) is 42.7 Å². The zero-order valence-electron chi connectivity index (χ0n) is 18.1. The molecule has 0 aliphatic carbocycles. The highest BCUT2D eigenvalue weighted by molar-refractivity contribution is 6.44. The van der Waals surface area contributed by atoms with Crippen LogP contribution in [-0.2, 0) is 6.42 Å². The van der Waals surface area contributed by atoms with E-state index in [0.29, 0.717) is 27.9 Å². The number of nitrogens with zero attached hydrogens (tertiary/aromatic N) is 2. The minimum Gasteiger partial charge on any atom is -0.438 e. The maximum Gasteiger partial charge on any atom is 0.255 e. The number of benzene rings is 2. The second-order valence-electron chi connectivity index (χ2n) is 7.38. The van der Waals surface area contributed by atoms with Crippen molar-refractivity contribution in [3.63, 3.8) is 0 Å². The topological polar surface area (TPSA) is 64.1 Å². The summed E-state index contributed by atoms with van der Waals surface area (Å²) < 4.78 is 6.19. The van der Waals surface area contributed by atoms with Crippen molar-refractivity contribution in [3.05, 3.63) is 99.9 Å². The Morgan fingerprint density at radius 2 is 1.85 bits per heavy atom. The van der Waals surface area contributed by atoms with Crippen LogP contribution >= 0.6 is 23.2 Å². The van der Waals surface area contributed by atoms with E-state index < -0.39 is 0 Å². The Bertz CT molecular complexity index is 1320. The van der Waals surface area contributed by atoms with E-state index >= 15 is 0 Å². The Morgan fingerprint density at radius 1 is 1.00 bits per heavy atom. The third kappa shape index (κ3) is 5.16. The normalized spacial score (nSPS) is 10.7. The van der Waals surface area contributed by atoms with E-state index in [1.807, 2.05) is 37.3 Å². The predicted octanol–water partition coefficient (Wildman–Crippen LogP) is 7.37. The minimum absolute atomic E-state index is 0.290. The molecule has 2 aromatic heterocycles. The van der Waals surface area contributed by atoms with Gasteiger partial charge < -0.3 is 10.1 Å².